The van der Waals surface area contributed by atoms with E-state index in [2.05, 4.69) is 44.3 Å². The van der Waals surface area contributed by atoms with Crippen molar-refractivity contribution in [2.24, 2.45) is 0 Å². The van der Waals surface area contributed by atoms with Gasteiger partial charge in [0, 0.05) is 5.56 Å². The molecule has 0 saturated heterocycles. The molecule has 0 radical (unpaired) electrons. The monoisotopic (exact) mass is 229 g/mol. The van der Waals surface area contributed by atoms with Crippen LogP contribution in [0.15, 0.2) is 34.7 Å². The van der Waals surface area contributed by atoms with Crippen molar-refractivity contribution in [3.8, 4) is 11.3 Å². The van der Waals surface area contributed by atoms with Crippen molar-refractivity contribution in [2.45, 2.75) is 27.3 Å². The van der Waals surface area contributed by atoms with Crippen molar-refractivity contribution >= 4 is 0 Å². The van der Waals surface area contributed by atoms with Crippen LogP contribution in [0.1, 0.15) is 23.8 Å². The Bertz CT molecular complexity index is 499. The molecule has 0 fully saturated rings. The van der Waals surface area contributed by atoms with Crippen LogP contribution >= 0.6 is 0 Å². The average Bonchev–Trinajstić information content (AvgIpc) is 2.79. The minimum atomic E-state index is 0.793. The molecule has 0 aliphatic carbocycles. The molecule has 0 amide bonds. The molecule has 0 aliphatic rings. The second kappa shape index (κ2) is 5.19. The summed E-state index contributed by atoms with van der Waals surface area (Å²) in [7, 11) is 0. The maximum atomic E-state index is 5.80. The molecule has 1 aromatic carbocycles. The van der Waals surface area contributed by atoms with Gasteiger partial charge < -0.3 is 9.73 Å². The SMILES string of the molecule is CCNCc1ccc(-c2ccc(C)c(C)c2)o1. The molecule has 2 heteroatoms. The van der Waals surface area contributed by atoms with Crippen LogP contribution in [0.25, 0.3) is 11.3 Å². The lowest BCUT2D eigenvalue weighted by atomic mass is 10.1. The summed E-state index contributed by atoms with van der Waals surface area (Å²) in [6.45, 7) is 8.09. The van der Waals surface area contributed by atoms with Gasteiger partial charge in [0.15, 0.2) is 0 Å². The molecule has 90 valence electrons. The van der Waals surface area contributed by atoms with Gasteiger partial charge in [0.1, 0.15) is 11.5 Å². The Kier molecular flexibility index (Phi) is 3.64. The van der Waals surface area contributed by atoms with Crippen LogP contribution in [-0.4, -0.2) is 6.54 Å². The number of hydrogen-bond donors (Lipinski definition) is 1. The number of benzene rings is 1. The lowest BCUT2D eigenvalue weighted by Gasteiger charge is -2.03. The second-order valence-electron chi connectivity index (χ2n) is 4.35. The zero-order valence-corrected chi connectivity index (χ0v) is 10.7. The third-order valence-electron chi connectivity index (χ3n) is 3.00. The summed E-state index contributed by atoms with van der Waals surface area (Å²) in [5.41, 5.74) is 3.76. The highest BCUT2D eigenvalue weighted by Crippen LogP contribution is 2.24. The fourth-order valence-corrected chi connectivity index (χ4v) is 1.77. The minimum absolute atomic E-state index is 0.793. The van der Waals surface area contributed by atoms with E-state index in [-0.39, 0.29) is 0 Å². The quantitative estimate of drug-likeness (QED) is 0.865. The predicted molar refractivity (Wildman–Crippen MR) is 71.0 cm³/mol. The predicted octanol–water partition coefficient (Wildman–Crippen LogP) is 3.67. The number of furan rings is 1. The van der Waals surface area contributed by atoms with Crippen LogP contribution in [0, 0.1) is 13.8 Å². The smallest absolute Gasteiger partial charge is 0.134 e. The van der Waals surface area contributed by atoms with E-state index in [9.17, 15) is 0 Å². The Morgan fingerprint density at radius 2 is 1.88 bits per heavy atom. The molecule has 0 spiro atoms. The van der Waals surface area contributed by atoms with Crippen molar-refractivity contribution in [2.75, 3.05) is 6.54 Å². The summed E-state index contributed by atoms with van der Waals surface area (Å²) in [6.07, 6.45) is 0. The Labute approximate surface area is 103 Å². The standard InChI is InChI=1S/C15H19NO/c1-4-16-10-14-7-8-15(17-14)13-6-5-11(2)12(3)9-13/h5-9,16H,4,10H2,1-3H3. The van der Waals surface area contributed by atoms with Gasteiger partial charge in [-0.05, 0) is 49.7 Å². The topological polar surface area (TPSA) is 25.2 Å². The first-order valence-electron chi connectivity index (χ1n) is 6.07. The lowest BCUT2D eigenvalue weighted by Crippen LogP contribution is -2.10. The first-order valence-corrected chi connectivity index (χ1v) is 6.07. The Morgan fingerprint density at radius 3 is 2.59 bits per heavy atom. The number of nitrogens with one attached hydrogen (secondary N) is 1. The summed E-state index contributed by atoms with van der Waals surface area (Å²) in [5, 5.41) is 3.26. The fraction of sp³-hybridized carbons (Fsp3) is 0.333. The summed E-state index contributed by atoms with van der Waals surface area (Å²) in [6, 6.07) is 10.5. The molecular weight excluding hydrogens is 210 g/mol. The fourth-order valence-electron chi connectivity index (χ4n) is 1.77. The zero-order chi connectivity index (χ0) is 12.3. The van der Waals surface area contributed by atoms with Gasteiger partial charge in [-0.25, -0.2) is 0 Å². The average molecular weight is 229 g/mol. The zero-order valence-electron chi connectivity index (χ0n) is 10.7. The molecule has 17 heavy (non-hydrogen) atoms. The van der Waals surface area contributed by atoms with Crippen LogP contribution in [0.2, 0.25) is 0 Å². The van der Waals surface area contributed by atoms with Crippen molar-refractivity contribution in [3.63, 3.8) is 0 Å². The number of rotatable bonds is 4. The molecule has 1 heterocycles. The molecule has 1 aromatic heterocycles. The molecule has 2 aromatic rings. The molecule has 0 atom stereocenters. The molecule has 0 unspecified atom stereocenters. The maximum Gasteiger partial charge on any atom is 0.134 e. The summed E-state index contributed by atoms with van der Waals surface area (Å²) in [5.74, 6) is 1.93. The van der Waals surface area contributed by atoms with Gasteiger partial charge in [-0.3, -0.25) is 0 Å². The van der Waals surface area contributed by atoms with Gasteiger partial charge >= 0.3 is 0 Å². The van der Waals surface area contributed by atoms with E-state index < -0.39 is 0 Å². The molecule has 0 aliphatic heterocycles. The minimum Gasteiger partial charge on any atom is -0.460 e. The second-order valence-corrected chi connectivity index (χ2v) is 4.35. The van der Waals surface area contributed by atoms with Crippen LogP contribution in [0.3, 0.4) is 0 Å². The van der Waals surface area contributed by atoms with Gasteiger partial charge in [-0.15, -0.1) is 0 Å². The number of hydrogen-bond acceptors (Lipinski definition) is 2. The summed E-state index contributed by atoms with van der Waals surface area (Å²) < 4.78 is 5.80. The highest BCUT2D eigenvalue weighted by atomic mass is 16.3. The van der Waals surface area contributed by atoms with Crippen LogP contribution < -0.4 is 5.32 Å². The van der Waals surface area contributed by atoms with Crippen LogP contribution in [0.5, 0.6) is 0 Å². The van der Waals surface area contributed by atoms with Crippen molar-refractivity contribution < 1.29 is 4.42 Å². The first-order chi connectivity index (χ1) is 8.20. The van der Waals surface area contributed by atoms with E-state index in [1.807, 2.05) is 12.1 Å². The maximum absolute atomic E-state index is 5.80. The van der Waals surface area contributed by atoms with Crippen LogP contribution in [-0.2, 0) is 6.54 Å². The molecule has 2 rings (SSSR count). The Balaban J connectivity index is 2.21. The highest BCUT2D eigenvalue weighted by molar-refractivity contribution is 5.59. The van der Waals surface area contributed by atoms with E-state index in [0.717, 1.165) is 30.2 Å². The Hall–Kier alpha value is -1.54. The summed E-state index contributed by atoms with van der Waals surface area (Å²) >= 11 is 0. The van der Waals surface area contributed by atoms with E-state index >= 15 is 0 Å². The highest BCUT2D eigenvalue weighted by Gasteiger charge is 2.05. The van der Waals surface area contributed by atoms with Gasteiger partial charge in [-0.1, -0.05) is 19.1 Å². The molecule has 1 N–H and O–H groups in total. The van der Waals surface area contributed by atoms with Gasteiger partial charge in [0.2, 0.25) is 0 Å². The largest absolute Gasteiger partial charge is 0.460 e. The van der Waals surface area contributed by atoms with E-state index in [1.54, 1.807) is 0 Å². The molecule has 0 saturated carbocycles. The normalized spacial score (nSPS) is 10.8. The number of aryl methyl sites for hydroxylation is 2. The van der Waals surface area contributed by atoms with Crippen LogP contribution in [0.4, 0.5) is 0 Å². The third kappa shape index (κ3) is 2.77. The first kappa shape index (κ1) is 11.9. The van der Waals surface area contributed by atoms with Gasteiger partial charge in [0.25, 0.3) is 0 Å². The van der Waals surface area contributed by atoms with Crippen molar-refractivity contribution in [3.05, 3.63) is 47.2 Å². The lowest BCUT2D eigenvalue weighted by molar-refractivity contribution is 0.498. The van der Waals surface area contributed by atoms with Crippen molar-refractivity contribution in [1.82, 2.24) is 5.32 Å². The molecule has 0 bridgehead atoms. The van der Waals surface area contributed by atoms with E-state index in [4.69, 9.17) is 4.42 Å². The van der Waals surface area contributed by atoms with Gasteiger partial charge in [-0.2, -0.15) is 0 Å². The third-order valence-corrected chi connectivity index (χ3v) is 3.00. The van der Waals surface area contributed by atoms with Gasteiger partial charge in [0.05, 0.1) is 6.54 Å². The Morgan fingerprint density at radius 1 is 1.06 bits per heavy atom. The summed E-state index contributed by atoms with van der Waals surface area (Å²) in [4.78, 5) is 0. The van der Waals surface area contributed by atoms with E-state index in [1.165, 1.54) is 11.1 Å². The van der Waals surface area contributed by atoms with Crippen molar-refractivity contribution in [1.29, 1.82) is 0 Å². The molecular formula is C15H19NO. The molecule has 2 nitrogen and oxygen atoms in total. The van der Waals surface area contributed by atoms with E-state index in [0.29, 0.717) is 0 Å².